The van der Waals surface area contributed by atoms with Crippen molar-refractivity contribution in [3.63, 3.8) is 0 Å². The van der Waals surface area contributed by atoms with Gasteiger partial charge in [-0.05, 0) is 44.0 Å². The van der Waals surface area contributed by atoms with Gasteiger partial charge in [-0.2, -0.15) is 0 Å². The molecule has 0 saturated carbocycles. The smallest absolute Gasteiger partial charge is 0.226 e. The van der Waals surface area contributed by atoms with Gasteiger partial charge in [-0.15, -0.1) is 24.0 Å². The summed E-state index contributed by atoms with van der Waals surface area (Å²) in [6.07, 6.45) is 2.31. The standard InChI is InChI=1S/C19H27FN4O.HI/c1-5-21-19(23-14(4)13(2)3)22-11-10-17-12-25-18(24-17)15-6-8-16(20)9-7-15;/h6-9,12-14H,5,10-11H2,1-4H3,(H2,21,22,23);1H. The second kappa shape index (κ2) is 11.2. The van der Waals surface area contributed by atoms with Crippen LogP contribution in [0.3, 0.4) is 0 Å². The quantitative estimate of drug-likeness (QED) is 0.358. The number of oxazole rings is 1. The molecule has 0 bridgehead atoms. The molecule has 0 saturated heterocycles. The van der Waals surface area contributed by atoms with Gasteiger partial charge < -0.3 is 15.1 Å². The van der Waals surface area contributed by atoms with Crippen molar-refractivity contribution in [1.82, 2.24) is 15.6 Å². The first-order valence-electron chi connectivity index (χ1n) is 8.74. The first-order chi connectivity index (χ1) is 12.0. The SMILES string of the molecule is CCNC(=NCCc1coc(-c2ccc(F)cc2)n1)NC(C)C(C)C.I. The lowest BCUT2D eigenvalue weighted by Crippen LogP contribution is -2.44. The molecule has 0 aliphatic heterocycles. The molecule has 1 aromatic heterocycles. The minimum Gasteiger partial charge on any atom is -0.444 e. The minimum absolute atomic E-state index is 0. The maximum atomic E-state index is 13.0. The van der Waals surface area contributed by atoms with Gasteiger partial charge in [-0.1, -0.05) is 13.8 Å². The van der Waals surface area contributed by atoms with Crippen LogP contribution in [0.2, 0.25) is 0 Å². The van der Waals surface area contributed by atoms with Crippen molar-refractivity contribution in [1.29, 1.82) is 0 Å². The third kappa shape index (κ3) is 6.93. The molecule has 0 spiro atoms. The zero-order chi connectivity index (χ0) is 18.2. The number of aromatic nitrogens is 1. The zero-order valence-corrected chi connectivity index (χ0v) is 18.1. The summed E-state index contributed by atoms with van der Waals surface area (Å²) in [4.78, 5) is 9.03. The molecule has 144 valence electrons. The minimum atomic E-state index is -0.274. The van der Waals surface area contributed by atoms with Gasteiger partial charge in [0.15, 0.2) is 5.96 Å². The fourth-order valence-electron chi connectivity index (χ4n) is 2.13. The molecule has 1 aromatic carbocycles. The Morgan fingerprint density at radius 3 is 2.54 bits per heavy atom. The molecule has 7 heteroatoms. The van der Waals surface area contributed by atoms with E-state index < -0.39 is 0 Å². The van der Waals surface area contributed by atoms with Crippen molar-refractivity contribution >= 4 is 29.9 Å². The van der Waals surface area contributed by atoms with Crippen molar-refractivity contribution in [3.05, 3.63) is 42.0 Å². The number of hydrogen-bond acceptors (Lipinski definition) is 3. The average molecular weight is 474 g/mol. The summed E-state index contributed by atoms with van der Waals surface area (Å²) in [6, 6.07) is 6.45. The highest BCUT2D eigenvalue weighted by atomic mass is 127. The number of rotatable bonds is 7. The molecule has 2 N–H and O–H groups in total. The summed E-state index contributed by atoms with van der Waals surface area (Å²) in [5, 5.41) is 6.65. The molecule has 0 amide bonds. The molecule has 2 aromatic rings. The van der Waals surface area contributed by atoms with Crippen LogP contribution >= 0.6 is 24.0 Å². The third-order valence-corrected chi connectivity index (χ3v) is 3.99. The Labute approximate surface area is 171 Å². The second-order valence-corrected chi connectivity index (χ2v) is 6.34. The van der Waals surface area contributed by atoms with Gasteiger partial charge in [0.25, 0.3) is 0 Å². The molecule has 0 fully saturated rings. The Bertz CT molecular complexity index is 685. The number of halogens is 2. The average Bonchev–Trinajstić information content (AvgIpc) is 3.04. The van der Waals surface area contributed by atoms with Crippen LogP contribution < -0.4 is 10.6 Å². The van der Waals surface area contributed by atoms with E-state index >= 15 is 0 Å². The first-order valence-corrected chi connectivity index (χ1v) is 8.74. The lowest BCUT2D eigenvalue weighted by molar-refractivity contribution is 0.481. The summed E-state index contributed by atoms with van der Waals surface area (Å²) >= 11 is 0. The summed E-state index contributed by atoms with van der Waals surface area (Å²) in [5.74, 6) is 1.56. The summed E-state index contributed by atoms with van der Waals surface area (Å²) < 4.78 is 18.5. The van der Waals surface area contributed by atoms with Crippen molar-refractivity contribution < 1.29 is 8.81 Å². The summed E-state index contributed by atoms with van der Waals surface area (Å²) in [7, 11) is 0. The molecular weight excluding hydrogens is 446 g/mol. The van der Waals surface area contributed by atoms with Crippen LogP contribution in [-0.4, -0.2) is 30.1 Å². The molecule has 5 nitrogen and oxygen atoms in total. The van der Waals surface area contributed by atoms with E-state index in [1.54, 1.807) is 18.4 Å². The Morgan fingerprint density at radius 2 is 1.92 bits per heavy atom. The highest BCUT2D eigenvalue weighted by molar-refractivity contribution is 14.0. The van der Waals surface area contributed by atoms with Gasteiger partial charge in [0.05, 0.1) is 5.69 Å². The Balaban J connectivity index is 0.00000338. The highest BCUT2D eigenvalue weighted by Gasteiger charge is 2.09. The van der Waals surface area contributed by atoms with E-state index in [0.29, 0.717) is 30.8 Å². The Morgan fingerprint density at radius 1 is 1.23 bits per heavy atom. The number of nitrogens with one attached hydrogen (secondary N) is 2. The molecule has 1 heterocycles. The molecular formula is C19H28FIN4O. The van der Waals surface area contributed by atoms with Gasteiger partial charge in [0, 0.05) is 31.1 Å². The number of guanidine groups is 1. The van der Waals surface area contributed by atoms with Crippen molar-refractivity contribution in [2.45, 2.75) is 40.2 Å². The predicted octanol–water partition coefficient (Wildman–Crippen LogP) is 4.24. The van der Waals surface area contributed by atoms with E-state index in [-0.39, 0.29) is 29.8 Å². The van der Waals surface area contributed by atoms with Crippen LogP contribution in [0.15, 0.2) is 39.9 Å². The normalized spacial score (nSPS) is 12.6. The van der Waals surface area contributed by atoms with Crippen LogP contribution in [0, 0.1) is 11.7 Å². The van der Waals surface area contributed by atoms with E-state index in [0.717, 1.165) is 23.8 Å². The number of hydrogen-bond donors (Lipinski definition) is 2. The lowest BCUT2D eigenvalue weighted by Gasteiger charge is -2.20. The van der Waals surface area contributed by atoms with Gasteiger partial charge in [0.1, 0.15) is 12.1 Å². The fraction of sp³-hybridized carbons (Fsp3) is 0.474. The van der Waals surface area contributed by atoms with Crippen molar-refractivity contribution in [2.75, 3.05) is 13.1 Å². The number of benzene rings is 1. The maximum absolute atomic E-state index is 13.0. The lowest BCUT2D eigenvalue weighted by atomic mass is 10.1. The van der Waals surface area contributed by atoms with Crippen molar-refractivity contribution in [3.8, 4) is 11.5 Å². The van der Waals surface area contributed by atoms with Crippen LogP contribution in [-0.2, 0) is 6.42 Å². The number of aliphatic imine (C=N–C) groups is 1. The molecule has 26 heavy (non-hydrogen) atoms. The van der Waals surface area contributed by atoms with Gasteiger partial charge in [0.2, 0.25) is 5.89 Å². The highest BCUT2D eigenvalue weighted by Crippen LogP contribution is 2.19. The number of nitrogens with zero attached hydrogens (tertiary/aromatic N) is 2. The maximum Gasteiger partial charge on any atom is 0.226 e. The van der Waals surface area contributed by atoms with E-state index in [2.05, 4.69) is 41.4 Å². The van der Waals surface area contributed by atoms with Crippen LogP contribution in [0.4, 0.5) is 4.39 Å². The molecule has 0 aliphatic rings. The largest absolute Gasteiger partial charge is 0.444 e. The first kappa shape index (κ1) is 22.4. The van der Waals surface area contributed by atoms with Gasteiger partial charge >= 0.3 is 0 Å². The topological polar surface area (TPSA) is 62.5 Å². The molecule has 0 aliphatic carbocycles. The van der Waals surface area contributed by atoms with Crippen LogP contribution in [0.25, 0.3) is 11.5 Å². The van der Waals surface area contributed by atoms with Crippen LogP contribution in [0.1, 0.15) is 33.4 Å². The van der Waals surface area contributed by atoms with Gasteiger partial charge in [-0.3, -0.25) is 4.99 Å². The monoisotopic (exact) mass is 474 g/mol. The molecule has 2 rings (SSSR count). The molecule has 1 atom stereocenters. The van der Waals surface area contributed by atoms with E-state index in [1.807, 2.05) is 6.92 Å². The van der Waals surface area contributed by atoms with E-state index in [4.69, 9.17) is 4.42 Å². The van der Waals surface area contributed by atoms with Crippen molar-refractivity contribution in [2.24, 2.45) is 10.9 Å². The fourth-order valence-corrected chi connectivity index (χ4v) is 2.13. The zero-order valence-electron chi connectivity index (χ0n) is 15.8. The van der Waals surface area contributed by atoms with Crippen LogP contribution in [0.5, 0.6) is 0 Å². The summed E-state index contributed by atoms with van der Waals surface area (Å²) in [5.41, 5.74) is 1.59. The second-order valence-electron chi connectivity index (χ2n) is 6.34. The molecule has 1 unspecified atom stereocenters. The summed E-state index contributed by atoms with van der Waals surface area (Å²) in [6.45, 7) is 9.96. The van der Waals surface area contributed by atoms with E-state index in [9.17, 15) is 4.39 Å². The van der Waals surface area contributed by atoms with E-state index in [1.165, 1.54) is 12.1 Å². The van der Waals surface area contributed by atoms with Gasteiger partial charge in [-0.25, -0.2) is 9.37 Å². The Hall–Kier alpha value is -1.64. The Kier molecular flexibility index (Phi) is 9.61. The third-order valence-electron chi connectivity index (χ3n) is 3.99. The molecule has 0 radical (unpaired) electrons. The predicted molar refractivity (Wildman–Crippen MR) is 114 cm³/mol.